The summed E-state index contributed by atoms with van der Waals surface area (Å²) in [4.78, 5) is 27.8. The molecule has 178 valence electrons. The maximum absolute atomic E-state index is 13.4. The molecule has 2 N–H and O–H groups in total. The summed E-state index contributed by atoms with van der Waals surface area (Å²) in [5.41, 5.74) is 1.40. The third-order valence-corrected chi connectivity index (χ3v) is 5.94. The van der Waals surface area contributed by atoms with E-state index in [1.54, 1.807) is 42.3 Å². The van der Waals surface area contributed by atoms with E-state index in [0.29, 0.717) is 36.6 Å². The lowest BCUT2D eigenvalue weighted by Gasteiger charge is -2.39. The van der Waals surface area contributed by atoms with Crippen LogP contribution in [0.15, 0.2) is 42.5 Å². The summed E-state index contributed by atoms with van der Waals surface area (Å²) < 4.78 is 24.0. The standard InChI is InChI=1S/C25H32FN3O4/c1-4-5-14-27-25(31)29-16-18(8-13-22(29)17-6-9-19(26)10-7-17)24(30)28-21-12-11-20(32-2)15-23(21)33-3/h6-7,9-12,15,18,22H,4-5,8,13-14,16H2,1-3H3,(H,27,31)(H,28,30)/t18-,22-/m1/s1. The second-order valence-electron chi connectivity index (χ2n) is 8.13. The van der Waals surface area contributed by atoms with Crippen molar-refractivity contribution in [3.05, 3.63) is 53.8 Å². The lowest BCUT2D eigenvalue weighted by atomic mass is 9.88. The highest BCUT2D eigenvalue weighted by Gasteiger charge is 2.35. The molecule has 1 aliphatic rings. The molecule has 1 fully saturated rings. The summed E-state index contributed by atoms with van der Waals surface area (Å²) in [5, 5.41) is 5.88. The number of rotatable bonds is 8. The third kappa shape index (κ3) is 6.15. The van der Waals surface area contributed by atoms with Crippen molar-refractivity contribution in [2.24, 2.45) is 5.92 Å². The number of ether oxygens (including phenoxy) is 2. The molecule has 0 bridgehead atoms. The number of anilines is 1. The van der Waals surface area contributed by atoms with Gasteiger partial charge in [-0.2, -0.15) is 0 Å². The quantitative estimate of drug-likeness (QED) is 0.561. The van der Waals surface area contributed by atoms with Gasteiger partial charge in [-0.25, -0.2) is 9.18 Å². The van der Waals surface area contributed by atoms with Gasteiger partial charge in [0.05, 0.1) is 31.9 Å². The number of nitrogens with one attached hydrogen (secondary N) is 2. The average Bonchev–Trinajstić information content (AvgIpc) is 2.84. The van der Waals surface area contributed by atoms with Crippen LogP contribution >= 0.6 is 0 Å². The fourth-order valence-corrected chi connectivity index (χ4v) is 4.05. The molecule has 1 aliphatic heterocycles. The van der Waals surface area contributed by atoms with Crippen molar-refractivity contribution in [2.45, 2.75) is 38.6 Å². The first-order valence-electron chi connectivity index (χ1n) is 11.3. The molecule has 2 aromatic carbocycles. The van der Waals surface area contributed by atoms with Crippen molar-refractivity contribution in [1.29, 1.82) is 0 Å². The predicted molar refractivity (Wildman–Crippen MR) is 125 cm³/mol. The molecule has 0 saturated carbocycles. The van der Waals surface area contributed by atoms with Crippen molar-refractivity contribution >= 4 is 17.6 Å². The van der Waals surface area contributed by atoms with Gasteiger partial charge in [0.25, 0.3) is 0 Å². The Morgan fingerprint density at radius 3 is 2.52 bits per heavy atom. The highest BCUT2D eigenvalue weighted by molar-refractivity contribution is 5.94. The Morgan fingerprint density at radius 2 is 1.85 bits per heavy atom. The van der Waals surface area contributed by atoms with Crippen molar-refractivity contribution < 1.29 is 23.5 Å². The minimum Gasteiger partial charge on any atom is -0.497 e. The minimum atomic E-state index is -0.384. The molecule has 2 aromatic rings. The summed E-state index contributed by atoms with van der Waals surface area (Å²) in [6.45, 7) is 2.90. The molecule has 0 aromatic heterocycles. The fraction of sp³-hybridized carbons (Fsp3) is 0.440. The summed E-state index contributed by atoms with van der Waals surface area (Å²) in [6.07, 6.45) is 3.05. The van der Waals surface area contributed by atoms with Gasteiger partial charge in [-0.1, -0.05) is 25.5 Å². The largest absolute Gasteiger partial charge is 0.497 e. The molecule has 33 heavy (non-hydrogen) atoms. The zero-order chi connectivity index (χ0) is 23.8. The van der Waals surface area contributed by atoms with Crippen molar-refractivity contribution in [3.63, 3.8) is 0 Å². The Morgan fingerprint density at radius 1 is 1.09 bits per heavy atom. The number of likely N-dealkylation sites (tertiary alicyclic amines) is 1. The Hall–Kier alpha value is -3.29. The van der Waals surface area contributed by atoms with Gasteiger partial charge in [0.1, 0.15) is 17.3 Å². The van der Waals surface area contributed by atoms with Gasteiger partial charge in [0.15, 0.2) is 0 Å². The molecule has 8 heteroatoms. The van der Waals surface area contributed by atoms with E-state index in [-0.39, 0.29) is 36.3 Å². The van der Waals surface area contributed by atoms with Crippen LogP contribution in [0.25, 0.3) is 0 Å². The van der Waals surface area contributed by atoms with Gasteiger partial charge in [0, 0.05) is 19.2 Å². The van der Waals surface area contributed by atoms with Crippen molar-refractivity contribution in [3.8, 4) is 11.5 Å². The second-order valence-corrected chi connectivity index (χ2v) is 8.13. The van der Waals surface area contributed by atoms with Crippen LogP contribution in [0.5, 0.6) is 11.5 Å². The van der Waals surface area contributed by atoms with Gasteiger partial charge < -0.3 is 25.0 Å². The number of hydrogen-bond donors (Lipinski definition) is 2. The number of urea groups is 1. The Bertz CT molecular complexity index is 951. The molecule has 7 nitrogen and oxygen atoms in total. The van der Waals surface area contributed by atoms with Crippen LogP contribution < -0.4 is 20.1 Å². The first-order chi connectivity index (χ1) is 16.0. The van der Waals surface area contributed by atoms with Crippen LogP contribution in [0.4, 0.5) is 14.9 Å². The highest BCUT2D eigenvalue weighted by atomic mass is 19.1. The highest BCUT2D eigenvalue weighted by Crippen LogP contribution is 2.35. The first-order valence-corrected chi connectivity index (χ1v) is 11.3. The van der Waals surface area contributed by atoms with Gasteiger partial charge in [-0.3, -0.25) is 4.79 Å². The molecular weight excluding hydrogens is 425 g/mol. The van der Waals surface area contributed by atoms with Crippen LogP contribution in [-0.4, -0.2) is 44.1 Å². The zero-order valence-electron chi connectivity index (χ0n) is 19.4. The van der Waals surface area contributed by atoms with Crippen LogP contribution in [0.3, 0.4) is 0 Å². The van der Waals surface area contributed by atoms with E-state index < -0.39 is 0 Å². The zero-order valence-corrected chi connectivity index (χ0v) is 19.4. The van der Waals surface area contributed by atoms with Gasteiger partial charge in [-0.05, 0) is 49.1 Å². The monoisotopic (exact) mass is 457 g/mol. The molecule has 3 rings (SSSR count). The molecule has 1 heterocycles. The molecule has 0 unspecified atom stereocenters. The van der Waals surface area contributed by atoms with Crippen LogP contribution in [0, 0.1) is 11.7 Å². The average molecular weight is 458 g/mol. The SMILES string of the molecule is CCCCNC(=O)N1C[C@H](C(=O)Nc2ccc(OC)cc2OC)CC[C@@H]1c1ccc(F)cc1. The van der Waals surface area contributed by atoms with E-state index >= 15 is 0 Å². The Labute approximate surface area is 194 Å². The number of carbonyl (C=O) groups is 2. The summed E-state index contributed by atoms with van der Waals surface area (Å²) in [7, 11) is 3.09. The second kappa shape index (κ2) is 11.5. The number of halogens is 1. The molecule has 0 spiro atoms. The number of hydrogen-bond acceptors (Lipinski definition) is 4. The fourth-order valence-electron chi connectivity index (χ4n) is 4.05. The topological polar surface area (TPSA) is 79.9 Å². The predicted octanol–water partition coefficient (Wildman–Crippen LogP) is 4.74. The van der Waals surface area contributed by atoms with Crippen molar-refractivity contribution in [1.82, 2.24) is 10.2 Å². The van der Waals surface area contributed by atoms with Crippen LogP contribution in [-0.2, 0) is 4.79 Å². The van der Waals surface area contributed by atoms with Gasteiger partial charge in [-0.15, -0.1) is 0 Å². The maximum Gasteiger partial charge on any atom is 0.317 e. The smallest absolute Gasteiger partial charge is 0.317 e. The van der Waals surface area contributed by atoms with Crippen molar-refractivity contribution in [2.75, 3.05) is 32.6 Å². The summed E-state index contributed by atoms with van der Waals surface area (Å²) in [5.74, 6) is 0.239. The summed E-state index contributed by atoms with van der Waals surface area (Å²) in [6, 6.07) is 11.0. The molecule has 3 amide bonds. The number of methoxy groups -OCH3 is 2. The van der Waals surface area contributed by atoms with E-state index in [4.69, 9.17) is 9.47 Å². The minimum absolute atomic E-state index is 0.178. The number of nitrogens with zero attached hydrogens (tertiary/aromatic N) is 1. The lowest BCUT2D eigenvalue weighted by molar-refractivity contribution is -0.121. The van der Waals surface area contributed by atoms with Crippen LogP contribution in [0.1, 0.15) is 44.2 Å². The Kier molecular flexibility index (Phi) is 8.52. The summed E-state index contributed by atoms with van der Waals surface area (Å²) >= 11 is 0. The molecule has 0 radical (unpaired) electrons. The number of unbranched alkanes of at least 4 members (excludes halogenated alkanes) is 1. The number of benzene rings is 2. The normalized spacial score (nSPS) is 17.9. The van der Waals surface area contributed by atoms with E-state index in [1.807, 2.05) is 0 Å². The first kappa shape index (κ1) is 24.4. The van der Waals surface area contributed by atoms with E-state index in [9.17, 15) is 14.0 Å². The van der Waals surface area contributed by atoms with Gasteiger partial charge in [0.2, 0.25) is 5.91 Å². The van der Waals surface area contributed by atoms with Gasteiger partial charge >= 0.3 is 6.03 Å². The van der Waals surface area contributed by atoms with E-state index in [1.165, 1.54) is 19.2 Å². The van der Waals surface area contributed by atoms with E-state index in [0.717, 1.165) is 18.4 Å². The maximum atomic E-state index is 13.4. The Balaban J connectivity index is 1.76. The number of amides is 3. The molecule has 1 saturated heterocycles. The third-order valence-electron chi connectivity index (χ3n) is 5.94. The number of carbonyl (C=O) groups excluding carboxylic acids is 2. The lowest BCUT2D eigenvalue weighted by Crippen LogP contribution is -2.49. The molecule has 2 atom stereocenters. The van der Waals surface area contributed by atoms with E-state index in [2.05, 4.69) is 17.6 Å². The molecular formula is C25H32FN3O4. The number of piperidine rings is 1. The molecule has 0 aliphatic carbocycles. The van der Waals surface area contributed by atoms with Crippen LogP contribution in [0.2, 0.25) is 0 Å².